The van der Waals surface area contributed by atoms with Crippen LogP contribution in [0.3, 0.4) is 0 Å². The van der Waals surface area contributed by atoms with Crippen LogP contribution >= 0.6 is 0 Å². The molecule has 3 aromatic rings. The molecule has 0 saturated carbocycles. The van der Waals surface area contributed by atoms with Gasteiger partial charge in [-0.25, -0.2) is 4.79 Å². The zero-order valence-electron chi connectivity index (χ0n) is 12.5. The topological polar surface area (TPSA) is 82.5 Å². The molecule has 2 aromatic carbocycles. The summed E-state index contributed by atoms with van der Waals surface area (Å²) in [4.78, 5) is 23.6. The van der Waals surface area contributed by atoms with Gasteiger partial charge in [0.2, 0.25) is 5.91 Å². The van der Waals surface area contributed by atoms with Gasteiger partial charge in [0.15, 0.2) is 0 Å². The van der Waals surface area contributed by atoms with E-state index in [4.69, 9.17) is 14.9 Å². The lowest BCUT2D eigenvalue weighted by Gasteiger charge is -2.13. The Hall–Kier alpha value is -3.08. The van der Waals surface area contributed by atoms with Crippen LogP contribution in [0.1, 0.15) is 5.76 Å². The molecule has 0 saturated heterocycles. The Bertz CT molecular complexity index is 943. The largest absolute Gasteiger partial charge is 0.496 e. The molecule has 0 fully saturated rings. The first-order valence-electron chi connectivity index (χ1n) is 7.08. The van der Waals surface area contributed by atoms with Crippen molar-refractivity contribution in [2.75, 3.05) is 7.11 Å². The van der Waals surface area contributed by atoms with Crippen LogP contribution < -0.4 is 16.1 Å². The summed E-state index contributed by atoms with van der Waals surface area (Å²) < 4.78 is 10.8. The number of hydrogen-bond acceptors (Lipinski definition) is 4. The van der Waals surface area contributed by atoms with Crippen LogP contribution in [0.4, 0.5) is 0 Å². The van der Waals surface area contributed by atoms with Gasteiger partial charge in [-0.05, 0) is 12.1 Å². The molecule has 0 bridgehead atoms. The average Bonchev–Trinajstić information content (AvgIpc) is 2.55. The fraction of sp³-hybridized carbons (Fsp3) is 0.111. The predicted molar refractivity (Wildman–Crippen MR) is 87.4 cm³/mol. The molecular weight excluding hydrogens is 294 g/mol. The number of carbonyl (C=O) groups is 1. The van der Waals surface area contributed by atoms with Crippen molar-refractivity contribution in [3.05, 3.63) is 64.7 Å². The van der Waals surface area contributed by atoms with Crippen LogP contribution in [0.5, 0.6) is 5.75 Å². The molecule has 0 atom stereocenters. The first-order chi connectivity index (χ1) is 11.1. The number of rotatable bonds is 4. The maximum absolute atomic E-state index is 12.2. The second-order valence-electron chi connectivity index (χ2n) is 5.08. The van der Waals surface area contributed by atoms with E-state index in [-0.39, 0.29) is 12.2 Å². The number of methoxy groups -OCH3 is 1. The lowest BCUT2D eigenvalue weighted by atomic mass is 9.96. The van der Waals surface area contributed by atoms with E-state index >= 15 is 0 Å². The van der Waals surface area contributed by atoms with Crippen LogP contribution in [-0.4, -0.2) is 13.0 Å². The lowest BCUT2D eigenvalue weighted by molar-refractivity contribution is -0.117. The van der Waals surface area contributed by atoms with E-state index in [1.165, 1.54) is 0 Å². The zero-order chi connectivity index (χ0) is 16.4. The molecule has 23 heavy (non-hydrogen) atoms. The number of para-hydroxylation sites is 1. The molecule has 1 amide bonds. The van der Waals surface area contributed by atoms with E-state index in [0.29, 0.717) is 22.1 Å². The van der Waals surface area contributed by atoms with Gasteiger partial charge in [0.1, 0.15) is 11.5 Å². The van der Waals surface area contributed by atoms with Crippen LogP contribution in [-0.2, 0) is 11.2 Å². The van der Waals surface area contributed by atoms with Crippen LogP contribution in [0.15, 0.2) is 57.7 Å². The maximum Gasteiger partial charge on any atom is 0.343 e. The third kappa shape index (κ3) is 2.68. The van der Waals surface area contributed by atoms with Crippen molar-refractivity contribution < 1.29 is 13.9 Å². The molecule has 0 aliphatic heterocycles. The number of carbonyl (C=O) groups excluding carboxylic acids is 1. The Morgan fingerprint density at radius 2 is 1.74 bits per heavy atom. The average molecular weight is 309 g/mol. The van der Waals surface area contributed by atoms with Crippen molar-refractivity contribution in [1.82, 2.24) is 0 Å². The number of benzene rings is 2. The van der Waals surface area contributed by atoms with Crippen molar-refractivity contribution in [2.45, 2.75) is 6.42 Å². The summed E-state index contributed by atoms with van der Waals surface area (Å²) in [6.07, 6.45) is -0.159. The van der Waals surface area contributed by atoms with Crippen LogP contribution in [0, 0.1) is 0 Å². The van der Waals surface area contributed by atoms with Gasteiger partial charge in [0, 0.05) is 16.5 Å². The number of primary amides is 1. The smallest absolute Gasteiger partial charge is 0.343 e. The minimum Gasteiger partial charge on any atom is -0.496 e. The Balaban J connectivity index is 2.43. The zero-order valence-corrected chi connectivity index (χ0v) is 12.5. The molecule has 0 aliphatic carbocycles. The number of ether oxygens (including phenoxy) is 1. The van der Waals surface area contributed by atoms with Crippen molar-refractivity contribution in [3.63, 3.8) is 0 Å². The minimum atomic E-state index is -0.570. The molecule has 1 aromatic heterocycles. The van der Waals surface area contributed by atoms with Gasteiger partial charge in [0.05, 0.1) is 18.9 Å². The molecule has 0 radical (unpaired) electrons. The third-order valence-corrected chi connectivity index (χ3v) is 3.62. The Kier molecular flexibility index (Phi) is 3.85. The molecule has 0 unspecified atom stereocenters. The third-order valence-electron chi connectivity index (χ3n) is 3.62. The van der Waals surface area contributed by atoms with E-state index in [1.807, 2.05) is 36.4 Å². The minimum absolute atomic E-state index is 0.159. The summed E-state index contributed by atoms with van der Waals surface area (Å²) >= 11 is 0. The van der Waals surface area contributed by atoms with Gasteiger partial charge in [-0.2, -0.15) is 0 Å². The van der Waals surface area contributed by atoms with Crippen molar-refractivity contribution in [3.8, 4) is 16.9 Å². The first-order valence-corrected chi connectivity index (χ1v) is 7.08. The van der Waals surface area contributed by atoms with Gasteiger partial charge in [0.25, 0.3) is 0 Å². The van der Waals surface area contributed by atoms with E-state index in [9.17, 15) is 9.59 Å². The molecule has 2 N–H and O–H groups in total. The molecule has 1 heterocycles. The molecule has 5 nitrogen and oxygen atoms in total. The van der Waals surface area contributed by atoms with Gasteiger partial charge >= 0.3 is 5.63 Å². The normalized spacial score (nSPS) is 10.7. The van der Waals surface area contributed by atoms with E-state index < -0.39 is 11.5 Å². The van der Waals surface area contributed by atoms with E-state index in [0.717, 1.165) is 5.56 Å². The second-order valence-corrected chi connectivity index (χ2v) is 5.08. The molecule has 116 valence electrons. The lowest BCUT2D eigenvalue weighted by Crippen LogP contribution is -2.16. The molecule has 0 aliphatic rings. The van der Waals surface area contributed by atoms with E-state index in [2.05, 4.69) is 0 Å². The number of hydrogen-bond donors (Lipinski definition) is 1. The summed E-state index contributed by atoms with van der Waals surface area (Å²) in [7, 11) is 1.56. The Labute approximate surface area is 132 Å². The highest BCUT2D eigenvalue weighted by Gasteiger charge is 2.19. The van der Waals surface area contributed by atoms with E-state index in [1.54, 1.807) is 19.2 Å². The standard InChI is InChI=1S/C18H15NO4/c1-22-14-9-5-4-8-13(14)17-11-6-2-3-7-12(11)18(21)23-15(17)10-16(19)20/h2-9H,10H2,1H3,(H2,19,20). The monoisotopic (exact) mass is 309 g/mol. The molecule has 3 rings (SSSR count). The molecule has 5 heteroatoms. The fourth-order valence-corrected chi connectivity index (χ4v) is 2.68. The summed E-state index contributed by atoms with van der Waals surface area (Å²) in [6.45, 7) is 0. The quantitative estimate of drug-likeness (QED) is 0.802. The number of amides is 1. The Morgan fingerprint density at radius 3 is 2.43 bits per heavy atom. The highest BCUT2D eigenvalue weighted by atomic mass is 16.5. The Morgan fingerprint density at radius 1 is 1.09 bits per heavy atom. The fourth-order valence-electron chi connectivity index (χ4n) is 2.68. The number of fused-ring (bicyclic) bond motifs is 1. The van der Waals surface area contributed by atoms with Crippen LogP contribution in [0.2, 0.25) is 0 Å². The summed E-state index contributed by atoms with van der Waals surface area (Å²) in [6, 6.07) is 14.5. The van der Waals surface area contributed by atoms with Gasteiger partial charge < -0.3 is 14.9 Å². The number of nitrogens with two attached hydrogens (primary N) is 1. The summed E-state index contributed by atoms with van der Waals surface area (Å²) in [5.74, 6) is 0.294. The molecule has 0 spiro atoms. The van der Waals surface area contributed by atoms with Crippen molar-refractivity contribution >= 4 is 16.7 Å². The summed E-state index contributed by atoms with van der Waals surface area (Å²) in [5, 5.41) is 1.14. The summed E-state index contributed by atoms with van der Waals surface area (Å²) in [5.41, 5.74) is 6.20. The first kappa shape index (κ1) is 14.8. The maximum atomic E-state index is 12.2. The van der Waals surface area contributed by atoms with Gasteiger partial charge in [-0.1, -0.05) is 36.4 Å². The van der Waals surface area contributed by atoms with Crippen molar-refractivity contribution in [2.24, 2.45) is 5.73 Å². The SMILES string of the molecule is COc1ccccc1-c1c(CC(N)=O)oc(=O)c2ccccc12. The van der Waals surface area contributed by atoms with Crippen molar-refractivity contribution in [1.29, 1.82) is 0 Å². The van der Waals surface area contributed by atoms with Crippen LogP contribution in [0.25, 0.3) is 21.9 Å². The second kappa shape index (κ2) is 5.96. The van der Waals surface area contributed by atoms with Gasteiger partial charge in [-0.3, -0.25) is 4.79 Å². The molecular formula is C18H15NO4. The predicted octanol–water partition coefficient (Wildman–Crippen LogP) is 2.50. The highest BCUT2D eigenvalue weighted by Crippen LogP contribution is 2.36. The van der Waals surface area contributed by atoms with Gasteiger partial charge in [-0.15, -0.1) is 0 Å². The highest BCUT2D eigenvalue weighted by molar-refractivity contribution is 5.99.